The number of aromatic nitrogens is 1. The lowest BCUT2D eigenvalue weighted by molar-refractivity contribution is 0.0598. The highest BCUT2D eigenvalue weighted by Gasteiger charge is 2.30. The molecular formula is C21H26N4O3. The van der Waals surface area contributed by atoms with Gasteiger partial charge in [0, 0.05) is 11.6 Å². The fourth-order valence-corrected chi connectivity index (χ4v) is 2.80. The number of nitrogens with one attached hydrogen (secondary N) is 1. The predicted molar refractivity (Wildman–Crippen MR) is 109 cm³/mol. The number of hydrogen-bond donors (Lipinski definition) is 2. The number of benzene rings is 1. The minimum absolute atomic E-state index is 0.129. The third-order valence-corrected chi connectivity index (χ3v) is 4.26. The second-order valence-corrected chi connectivity index (χ2v) is 7.02. The van der Waals surface area contributed by atoms with Crippen LogP contribution in [0.1, 0.15) is 54.4 Å². The smallest absolute Gasteiger partial charge is 0.339 e. The van der Waals surface area contributed by atoms with Crippen LogP contribution in [0.2, 0.25) is 0 Å². The molecule has 1 aliphatic rings. The summed E-state index contributed by atoms with van der Waals surface area (Å²) in [6.07, 6.45) is 2.22. The van der Waals surface area contributed by atoms with Gasteiger partial charge < -0.3 is 20.5 Å². The Kier molecular flexibility index (Phi) is 6.13. The normalized spacial score (nSPS) is 14.1. The van der Waals surface area contributed by atoms with Crippen molar-refractivity contribution >= 4 is 17.6 Å². The number of carbonyl (C=O) groups excluding carboxylic acids is 1. The summed E-state index contributed by atoms with van der Waals surface area (Å²) in [7, 11) is 1.38. The highest BCUT2D eigenvalue weighted by atomic mass is 16.5. The zero-order valence-corrected chi connectivity index (χ0v) is 16.4. The van der Waals surface area contributed by atoms with E-state index in [4.69, 9.17) is 15.2 Å². The molecule has 0 aliphatic heterocycles. The Morgan fingerprint density at radius 2 is 1.96 bits per heavy atom. The molecule has 28 heavy (non-hydrogen) atoms. The number of guanidine groups is 1. The molecule has 1 heterocycles. The monoisotopic (exact) mass is 382 g/mol. The fourth-order valence-electron chi connectivity index (χ4n) is 2.80. The van der Waals surface area contributed by atoms with E-state index in [0.717, 1.165) is 35.7 Å². The van der Waals surface area contributed by atoms with Crippen LogP contribution in [0.4, 0.5) is 5.69 Å². The van der Waals surface area contributed by atoms with Gasteiger partial charge in [-0.25, -0.2) is 9.79 Å². The topological polar surface area (TPSA) is 98.8 Å². The van der Waals surface area contributed by atoms with E-state index in [-0.39, 0.29) is 12.1 Å². The van der Waals surface area contributed by atoms with Crippen LogP contribution in [0.15, 0.2) is 41.4 Å². The molecule has 7 heteroatoms. The summed E-state index contributed by atoms with van der Waals surface area (Å²) in [5, 5.41) is 3.05. The van der Waals surface area contributed by atoms with Crippen molar-refractivity contribution in [2.75, 3.05) is 12.4 Å². The van der Waals surface area contributed by atoms with Crippen LogP contribution < -0.4 is 15.8 Å². The van der Waals surface area contributed by atoms with Crippen molar-refractivity contribution in [3.8, 4) is 5.75 Å². The highest BCUT2D eigenvalue weighted by molar-refractivity contribution is 5.92. The van der Waals surface area contributed by atoms with Crippen molar-refractivity contribution in [3.63, 3.8) is 0 Å². The van der Waals surface area contributed by atoms with E-state index in [1.165, 1.54) is 7.11 Å². The van der Waals surface area contributed by atoms with E-state index in [9.17, 15) is 4.79 Å². The fraction of sp³-hybridized carbons (Fsp3) is 0.381. The highest BCUT2D eigenvalue weighted by Crippen LogP contribution is 2.40. The molecule has 1 fully saturated rings. The Hall–Kier alpha value is -3.09. The summed E-state index contributed by atoms with van der Waals surface area (Å²) in [5.41, 5.74) is 8.91. The van der Waals surface area contributed by atoms with Crippen molar-refractivity contribution < 1.29 is 14.3 Å². The van der Waals surface area contributed by atoms with Crippen molar-refractivity contribution in [1.82, 2.24) is 4.98 Å². The minimum atomic E-state index is -0.351. The van der Waals surface area contributed by atoms with E-state index >= 15 is 0 Å². The van der Waals surface area contributed by atoms with Gasteiger partial charge in [0.2, 0.25) is 0 Å². The van der Waals surface area contributed by atoms with Gasteiger partial charge in [0.15, 0.2) is 5.96 Å². The second-order valence-electron chi connectivity index (χ2n) is 7.02. The lowest BCUT2D eigenvalue weighted by atomic mass is 10.1. The molecule has 0 spiro atoms. The third-order valence-electron chi connectivity index (χ3n) is 4.26. The van der Waals surface area contributed by atoms with Crippen molar-refractivity contribution in [1.29, 1.82) is 0 Å². The maximum atomic E-state index is 11.9. The number of carbonyl (C=O) groups is 1. The van der Waals surface area contributed by atoms with Crippen LogP contribution in [0.3, 0.4) is 0 Å². The molecule has 148 valence electrons. The van der Waals surface area contributed by atoms with Crippen LogP contribution in [-0.4, -0.2) is 30.1 Å². The number of hydrogen-bond acceptors (Lipinski definition) is 5. The number of nitrogens with zero attached hydrogens (tertiary/aromatic N) is 2. The second kappa shape index (κ2) is 8.73. The maximum Gasteiger partial charge on any atom is 0.339 e. The third kappa shape index (κ3) is 5.22. The molecule has 0 saturated heterocycles. The van der Waals surface area contributed by atoms with Crippen molar-refractivity contribution in [2.24, 2.45) is 10.7 Å². The predicted octanol–water partition coefficient (Wildman–Crippen LogP) is 3.46. The summed E-state index contributed by atoms with van der Waals surface area (Å²) < 4.78 is 10.5. The van der Waals surface area contributed by atoms with Crippen LogP contribution >= 0.6 is 0 Å². The quantitative estimate of drug-likeness (QED) is 0.432. The molecule has 3 rings (SSSR count). The number of pyridine rings is 1. The zero-order valence-electron chi connectivity index (χ0n) is 16.4. The summed E-state index contributed by atoms with van der Waals surface area (Å²) in [6.45, 7) is 4.29. The van der Waals surface area contributed by atoms with E-state index in [2.05, 4.69) is 15.3 Å². The number of ether oxygens (including phenoxy) is 2. The van der Waals surface area contributed by atoms with Gasteiger partial charge >= 0.3 is 5.97 Å². The molecule has 2 aromatic rings. The average Bonchev–Trinajstić information content (AvgIpc) is 3.52. The van der Waals surface area contributed by atoms with Gasteiger partial charge in [-0.3, -0.25) is 4.98 Å². The standard InChI is InChI=1S/C21H26N4O3/c1-13(2)28-17-9-6-15(7-10-17)25-21(22)23-12-16-8-11-18(20(26)27-3)19(24-16)14-4-5-14/h6-11,13-14H,4-5,12H2,1-3H3,(H3,22,23,25). The average molecular weight is 382 g/mol. The Morgan fingerprint density at radius 1 is 1.25 bits per heavy atom. The molecule has 3 N–H and O–H groups in total. The van der Waals surface area contributed by atoms with Gasteiger partial charge in [0.25, 0.3) is 0 Å². The zero-order chi connectivity index (χ0) is 20.1. The largest absolute Gasteiger partial charge is 0.491 e. The lowest BCUT2D eigenvalue weighted by Gasteiger charge is -2.11. The van der Waals surface area contributed by atoms with Gasteiger partial charge in [-0.1, -0.05) is 0 Å². The molecule has 1 aromatic heterocycles. The first-order chi connectivity index (χ1) is 13.5. The number of nitrogens with two attached hydrogens (primary N) is 1. The Morgan fingerprint density at radius 3 is 2.57 bits per heavy atom. The Labute approximate surface area is 165 Å². The van der Waals surface area contributed by atoms with Crippen LogP contribution in [0.5, 0.6) is 5.75 Å². The lowest BCUT2D eigenvalue weighted by Crippen LogP contribution is -2.22. The molecule has 7 nitrogen and oxygen atoms in total. The summed E-state index contributed by atoms with van der Waals surface area (Å²) in [5.74, 6) is 1.08. The SMILES string of the molecule is COC(=O)c1ccc(CN=C(N)Nc2ccc(OC(C)C)cc2)nc1C1CC1. The summed E-state index contributed by atoms with van der Waals surface area (Å²) in [4.78, 5) is 20.9. The van der Waals surface area contributed by atoms with Crippen molar-refractivity contribution in [3.05, 3.63) is 53.3 Å². The van der Waals surface area contributed by atoms with Crippen LogP contribution in [0.25, 0.3) is 0 Å². The molecule has 1 aliphatic carbocycles. The first kappa shape index (κ1) is 19.7. The van der Waals surface area contributed by atoms with Gasteiger partial charge in [-0.15, -0.1) is 0 Å². The van der Waals surface area contributed by atoms with Gasteiger partial charge in [0.05, 0.1) is 36.7 Å². The number of aliphatic imine (C=N–C) groups is 1. The molecular weight excluding hydrogens is 356 g/mol. The van der Waals surface area contributed by atoms with Gasteiger partial charge in [0.1, 0.15) is 5.75 Å². The Balaban J connectivity index is 1.64. The first-order valence-corrected chi connectivity index (χ1v) is 9.38. The van der Waals surface area contributed by atoms with E-state index < -0.39 is 0 Å². The summed E-state index contributed by atoms with van der Waals surface area (Å²) >= 11 is 0. The van der Waals surface area contributed by atoms with Gasteiger partial charge in [-0.2, -0.15) is 0 Å². The minimum Gasteiger partial charge on any atom is -0.491 e. The molecule has 0 amide bonds. The number of esters is 1. The Bertz CT molecular complexity index is 858. The number of rotatable bonds is 7. The number of methoxy groups -OCH3 is 1. The summed E-state index contributed by atoms with van der Waals surface area (Å²) in [6, 6.07) is 11.1. The van der Waals surface area contributed by atoms with Crippen LogP contribution in [-0.2, 0) is 11.3 Å². The van der Waals surface area contributed by atoms with Crippen molar-refractivity contribution in [2.45, 2.75) is 45.3 Å². The maximum absolute atomic E-state index is 11.9. The number of anilines is 1. The molecule has 1 aromatic carbocycles. The van der Waals surface area contributed by atoms with E-state index in [1.807, 2.05) is 38.1 Å². The molecule has 0 radical (unpaired) electrons. The first-order valence-electron chi connectivity index (χ1n) is 9.38. The van der Waals surface area contributed by atoms with E-state index in [0.29, 0.717) is 24.0 Å². The molecule has 0 bridgehead atoms. The van der Waals surface area contributed by atoms with E-state index in [1.54, 1.807) is 12.1 Å². The molecule has 1 saturated carbocycles. The molecule has 0 unspecified atom stereocenters. The van der Waals surface area contributed by atoms with Crippen LogP contribution in [0, 0.1) is 0 Å². The van der Waals surface area contributed by atoms with Gasteiger partial charge in [-0.05, 0) is 63.1 Å². The molecule has 0 atom stereocenters.